The van der Waals surface area contributed by atoms with Crippen LogP contribution >= 0.6 is 15.9 Å². The number of halogens is 1. The van der Waals surface area contributed by atoms with Crippen molar-refractivity contribution in [2.45, 2.75) is 20.3 Å². The Hall–Kier alpha value is -1.69. The second kappa shape index (κ2) is 5.97. The summed E-state index contributed by atoms with van der Waals surface area (Å²) in [4.78, 5) is 19.8. The van der Waals surface area contributed by atoms with Crippen molar-refractivity contribution >= 4 is 44.5 Å². The lowest BCUT2D eigenvalue weighted by molar-refractivity contribution is -0.114. The first kappa shape index (κ1) is 13.7. The zero-order valence-corrected chi connectivity index (χ0v) is 12.4. The van der Waals surface area contributed by atoms with Crippen molar-refractivity contribution in [2.75, 3.05) is 17.2 Å². The number of carbonyl (C=O) groups excluding carboxylic acids is 1. The van der Waals surface area contributed by atoms with Crippen LogP contribution in [0, 0.1) is 0 Å². The van der Waals surface area contributed by atoms with Crippen LogP contribution in [0.5, 0.6) is 0 Å². The number of rotatable bonds is 4. The van der Waals surface area contributed by atoms with E-state index in [1.54, 1.807) is 0 Å². The maximum absolute atomic E-state index is 11.1. The highest BCUT2D eigenvalue weighted by molar-refractivity contribution is 9.10. The van der Waals surface area contributed by atoms with Gasteiger partial charge in [0, 0.05) is 23.3 Å². The molecule has 2 N–H and O–H groups in total. The van der Waals surface area contributed by atoms with Gasteiger partial charge < -0.3 is 5.32 Å². The van der Waals surface area contributed by atoms with E-state index in [0.717, 1.165) is 34.2 Å². The summed E-state index contributed by atoms with van der Waals surface area (Å²) in [5.41, 5.74) is 0.792. The van der Waals surface area contributed by atoms with Crippen LogP contribution in [0.1, 0.15) is 20.3 Å². The highest BCUT2D eigenvalue weighted by atomic mass is 79.9. The lowest BCUT2D eigenvalue weighted by Gasteiger charge is -2.10. The second-order valence-electron chi connectivity index (χ2n) is 4.17. The van der Waals surface area contributed by atoms with Crippen molar-refractivity contribution in [2.24, 2.45) is 0 Å². The molecule has 5 nitrogen and oxygen atoms in total. The van der Waals surface area contributed by atoms with Crippen molar-refractivity contribution in [3.63, 3.8) is 0 Å². The molecular weight excluding hydrogens is 308 g/mol. The molecule has 100 valence electrons. The van der Waals surface area contributed by atoms with E-state index in [-0.39, 0.29) is 5.91 Å². The van der Waals surface area contributed by atoms with Crippen LogP contribution in [0.15, 0.2) is 22.7 Å². The lowest BCUT2D eigenvalue weighted by Crippen LogP contribution is -2.11. The molecule has 1 amide bonds. The lowest BCUT2D eigenvalue weighted by atomic mass is 10.2. The molecule has 1 heterocycles. The molecule has 19 heavy (non-hydrogen) atoms. The summed E-state index contributed by atoms with van der Waals surface area (Å²) >= 11 is 3.44. The van der Waals surface area contributed by atoms with Crippen LogP contribution in [-0.2, 0) is 4.79 Å². The van der Waals surface area contributed by atoms with E-state index in [4.69, 9.17) is 0 Å². The Bertz CT molecular complexity index is 615. The Morgan fingerprint density at radius 1 is 1.37 bits per heavy atom. The summed E-state index contributed by atoms with van der Waals surface area (Å²) in [6, 6.07) is 5.77. The fourth-order valence-corrected chi connectivity index (χ4v) is 2.05. The number of nitrogens with one attached hydrogen (secondary N) is 2. The zero-order valence-electron chi connectivity index (χ0n) is 10.8. The van der Waals surface area contributed by atoms with Crippen LogP contribution in [-0.4, -0.2) is 22.4 Å². The molecule has 2 aromatic rings. The Balaban J connectivity index is 2.51. The van der Waals surface area contributed by atoms with Gasteiger partial charge in [-0.05, 0) is 24.6 Å². The topological polar surface area (TPSA) is 66.9 Å². The third kappa shape index (κ3) is 3.41. The average molecular weight is 323 g/mol. The fraction of sp³-hybridized carbons (Fsp3) is 0.308. The summed E-state index contributed by atoms with van der Waals surface area (Å²) in [6.45, 7) is 4.34. The first-order chi connectivity index (χ1) is 9.10. The first-order valence-corrected chi connectivity index (χ1v) is 6.88. The Morgan fingerprint density at radius 3 is 2.84 bits per heavy atom. The minimum Gasteiger partial charge on any atom is -0.369 e. The molecule has 0 unspecified atom stereocenters. The van der Waals surface area contributed by atoms with Crippen molar-refractivity contribution in [3.05, 3.63) is 22.7 Å². The largest absolute Gasteiger partial charge is 0.369 e. The molecule has 1 aromatic heterocycles. The molecule has 0 aliphatic rings. The number of aromatic nitrogens is 2. The normalized spacial score (nSPS) is 10.5. The molecule has 0 bridgehead atoms. The van der Waals surface area contributed by atoms with E-state index in [9.17, 15) is 4.79 Å². The highest BCUT2D eigenvalue weighted by Gasteiger charge is 2.08. The van der Waals surface area contributed by atoms with Gasteiger partial charge in [-0.15, -0.1) is 0 Å². The van der Waals surface area contributed by atoms with Crippen LogP contribution in [0.4, 0.5) is 11.8 Å². The van der Waals surface area contributed by atoms with Gasteiger partial charge in [0.05, 0.1) is 5.52 Å². The highest BCUT2D eigenvalue weighted by Crippen LogP contribution is 2.25. The summed E-state index contributed by atoms with van der Waals surface area (Å²) < 4.78 is 0.968. The molecule has 0 atom stereocenters. The number of anilines is 2. The number of benzene rings is 1. The number of carbonyl (C=O) groups is 1. The standard InChI is InChI=1S/C13H15BrN4O/c1-3-6-15-12-10-7-9(14)4-5-11(10)17-13(18-12)16-8(2)19/h4-5,7H,3,6H2,1-2H3,(H2,15,16,17,18,19). The van der Waals surface area contributed by atoms with E-state index in [2.05, 4.69) is 43.5 Å². The molecule has 0 aliphatic carbocycles. The maximum Gasteiger partial charge on any atom is 0.231 e. The van der Waals surface area contributed by atoms with E-state index in [0.29, 0.717) is 5.95 Å². The average Bonchev–Trinajstić information content (AvgIpc) is 2.35. The van der Waals surface area contributed by atoms with Crippen molar-refractivity contribution < 1.29 is 4.79 Å². The molecule has 0 aliphatic heterocycles. The molecule has 0 spiro atoms. The summed E-state index contributed by atoms with van der Waals surface area (Å²) in [5.74, 6) is 0.871. The number of fused-ring (bicyclic) bond motifs is 1. The van der Waals surface area contributed by atoms with Crippen LogP contribution in [0.3, 0.4) is 0 Å². The van der Waals surface area contributed by atoms with Gasteiger partial charge in [-0.2, -0.15) is 4.98 Å². The van der Waals surface area contributed by atoms with Crippen LogP contribution in [0.25, 0.3) is 10.9 Å². The Labute approximate surface area is 120 Å². The molecule has 0 radical (unpaired) electrons. The molecule has 6 heteroatoms. The molecule has 0 fully saturated rings. The third-order valence-electron chi connectivity index (χ3n) is 2.49. The van der Waals surface area contributed by atoms with E-state index in [1.165, 1.54) is 6.92 Å². The SMILES string of the molecule is CCCNc1nc(NC(C)=O)nc2ccc(Br)cc12. The second-order valence-corrected chi connectivity index (χ2v) is 5.08. The Morgan fingerprint density at radius 2 is 2.16 bits per heavy atom. The summed E-state index contributed by atoms with van der Waals surface area (Å²) in [5, 5.41) is 6.80. The predicted molar refractivity (Wildman–Crippen MR) is 80.3 cm³/mol. The summed E-state index contributed by atoms with van der Waals surface area (Å²) in [7, 11) is 0. The number of hydrogen-bond donors (Lipinski definition) is 2. The van der Waals surface area contributed by atoms with Crippen molar-refractivity contribution in [1.82, 2.24) is 9.97 Å². The van der Waals surface area contributed by atoms with Crippen molar-refractivity contribution in [1.29, 1.82) is 0 Å². The van der Waals surface area contributed by atoms with Crippen LogP contribution < -0.4 is 10.6 Å². The van der Waals surface area contributed by atoms with Gasteiger partial charge in [-0.3, -0.25) is 10.1 Å². The number of amides is 1. The minimum atomic E-state index is -0.182. The van der Waals surface area contributed by atoms with Gasteiger partial charge >= 0.3 is 0 Å². The maximum atomic E-state index is 11.1. The van der Waals surface area contributed by atoms with E-state index >= 15 is 0 Å². The number of hydrogen-bond acceptors (Lipinski definition) is 4. The van der Waals surface area contributed by atoms with Gasteiger partial charge in [0.15, 0.2) is 0 Å². The van der Waals surface area contributed by atoms with Gasteiger partial charge in [0.1, 0.15) is 5.82 Å². The Kier molecular flexibility index (Phi) is 4.31. The zero-order chi connectivity index (χ0) is 13.8. The molecule has 0 saturated heterocycles. The molecular formula is C13H15BrN4O. The molecule has 1 aromatic carbocycles. The number of nitrogens with zero attached hydrogens (tertiary/aromatic N) is 2. The van der Waals surface area contributed by atoms with Crippen molar-refractivity contribution in [3.8, 4) is 0 Å². The van der Waals surface area contributed by atoms with E-state index < -0.39 is 0 Å². The predicted octanol–water partition coefficient (Wildman–Crippen LogP) is 3.17. The molecule has 0 saturated carbocycles. The van der Waals surface area contributed by atoms with Gasteiger partial charge in [0.25, 0.3) is 0 Å². The molecule has 2 rings (SSSR count). The quantitative estimate of drug-likeness (QED) is 0.907. The fourth-order valence-electron chi connectivity index (χ4n) is 1.69. The monoisotopic (exact) mass is 322 g/mol. The van der Waals surface area contributed by atoms with Gasteiger partial charge in [-0.1, -0.05) is 22.9 Å². The first-order valence-electron chi connectivity index (χ1n) is 6.09. The third-order valence-corrected chi connectivity index (χ3v) is 2.98. The van der Waals surface area contributed by atoms with Crippen LogP contribution in [0.2, 0.25) is 0 Å². The van der Waals surface area contributed by atoms with E-state index in [1.807, 2.05) is 18.2 Å². The van der Waals surface area contributed by atoms with Gasteiger partial charge in [-0.25, -0.2) is 4.98 Å². The smallest absolute Gasteiger partial charge is 0.231 e. The summed E-state index contributed by atoms with van der Waals surface area (Å²) in [6.07, 6.45) is 0.995. The minimum absolute atomic E-state index is 0.182. The van der Waals surface area contributed by atoms with Gasteiger partial charge in [0.2, 0.25) is 11.9 Å².